The van der Waals surface area contributed by atoms with Gasteiger partial charge < -0.3 is 9.73 Å². The molecule has 2 rings (SSSR count). The molecule has 78 valence electrons. The Hall–Kier alpha value is -0.760. The summed E-state index contributed by atoms with van der Waals surface area (Å²) in [6.07, 6.45) is 2.45. The number of hydrogen-bond donors (Lipinski definition) is 1. The summed E-state index contributed by atoms with van der Waals surface area (Å²) in [4.78, 5) is 0. The fraction of sp³-hybridized carbons (Fsp3) is 0.667. The van der Waals surface area contributed by atoms with E-state index in [0.29, 0.717) is 11.5 Å². The minimum absolute atomic E-state index is 0.435. The van der Waals surface area contributed by atoms with Gasteiger partial charge in [-0.05, 0) is 31.9 Å². The van der Waals surface area contributed by atoms with Crippen molar-refractivity contribution in [1.82, 2.24) is 5.32 Å². The van der Waals surface area contributed by atoms with Crippen LogP contribution in [0, 0.1) is 12.3 Å². The fourth-order valence-electron chi connectivity index (χ4n) is 2.41. The summed E-state index contributed by atoms with van der Waals surface area (Å²) in [5, 5.41) is 3.47. The lowest BCUT2D eigenvalue weighted by Gasteiger charge is -2.49. The van der Waals surface area contributed by atoms with Crippen LogP contribution in [-0.4, -0.2) is 6.54 Å². The third kappa shape index (κ3) is 1.29. The molecule has 0 saturated carbocycles. The highest BCUT2D eigenvalue weighted by molar-refractivity contribution is 5.17. The Labute approximate surface area is 85.7 Å². The predicted molar refractivity (Wildman–Crippen MR) is 57.2 cm³/mol. The maximum absolute atomic E-state index is 5.68. The molecule has 2 heterocycles. The second kappa shape index (κ2) is 3.43. The van der Waals surface area contributed by atoms with E-state index in [1.807, 2.05) is 13.0 Å². The number of rotatable bonds is 3. The van der Waals surface area contributed by atoms with Gasteiger partial charge in [0.15, 0.2) is 0 Å². The van der Waals surface area contributed by atoms with Crippen LogP contribution in [0.5, 0.6) is 0 Å². The maximum Gasteiger partial charge on any atom is 0.121 e. The van der Waals surface area contributed by atoms with E-state index in [1.54, 1.807) is 0 Å². The van der Waals surface area contributed by atoms with Crippen LogP contribution in [-0.2, 0) is 0 Å². The molecule has 1 fully saturated rings. The molecule has 1 aliphatic rings. The van der Waals surface area contributed by atoms with Gasteiger partial charge in [-0.1, -0.05) is 13.8 Å². The first-order chi connectivity index (χ1) is 6.72. The minimum Gasteiger partial charge on any atom is -0.465 e. The molecule has 1 atom stereocenters. The Morgan fingerprint density at radius 3 is 2.50 bits per heavy atom. The monoisotopic (exact) mass is 193 g/mol. The van der Waals surface area contributed by atoms with E-state index in [4.69, 9.17) is 4.42 Å². The van der Waals surface area contributed by atoms with E-state index in [0.717, 1.165) is 18.1 Å². The molecule has 0 spiro atoms. The van der Waals surface area contributed by atoms with E-state index in [1.165, 1.54) is 12.8 Å². The number of nitrogens with one attached hydrogen (secondary N) is 1. The van der Waals surface area contributed by atoms with Crippen LogP contribution in [0.1, 0.15) is 44.3 Å². The van der Waals surface area contributed by atoms with Gasteiger partial charge in [-0.25, -0.2) is 0 Å². The van der Waals surface area contributed by atoms with E-state index < -0.39 is 0 Å². The number of furan rings is 1. The molecule has 1 aromatic heterocycles. The highest BCUT2D eigenvalue weighted by atomic mass is 16.3. The zero-order valence-corrected chi connectivity index (χ0v) is 9.26. The van der Waals surface area contributed by atoms with Crippen molar-refractivity contribution < 1.29 is 4.42 Å². The molecule has 1 aliphatic heterocycles. The van der Waals surface area contributed by atoms with Crippen molar-refractivity contribution in [2.24, 2.45) is 5.41 Å². The Morgan fingerprint density at radius 1 is 1.43 bits per heavy atom. The number of hydrogen-bond acceptors (Lipinski definition) is 2. The Balaban J connectivity index is 2.20. The second-order valence-corrected chi connectivity index (χ2v) is 4.33. The third-order valence-electron chi connectivity index (χ3n) is 3.72. The molecule has 14 heavy (non-hydrogen) atoms. The van der Waals surface area contributed by atoms with Gasteiger partial charge in [0.2, 0.25) is 0 Å². The van der Waals surface area contributed by atoms with Crippen molar-refractivity contribution in [3.8, 4) is 0 Å². The van der Waals surface area contributed by atoms with Gasteiger partial charge in [0.1, 0.15) is 11.5 Å². The van der Waals surface area contributed by atoms with E-state index in [2.05, 4.69) is 25.2 Å². The van der Waals surface area contributed by atoms with E-state index in [-0.39, 0.29) is 0 Å². The largest absolute Gasteiger partial charge is 0.465 e. The molecule has 1 unspecified atom stereocenters. The topological polar surface area (TPSA) is 25.2 Å². The fourth-order valence-corrected chi connectivity index (χ4v) is 2.41. The van der Waals surface area contributed by atoms with Gasteiger partial charge in [0, 0.05) is 12.0 Å². The zero-order valence-electron chi connectivity index (χ0n) is 9.26. The molecular formula is C12H19NO. The first kappa shape index (κ1) is 9.78. The van der Waals surface area contributed by atoms with Gasteiger partial charge in [0.05, 0.1) is 6.04 Å². The van der Waals surface area contributed by atoms with E-state index >= 15 is 0 Å². The molecule has 0 amide bonds. The maximum atomic E-state index is 5.68. The molecule has 0 radical (unpaired) electrons. The van der Waals surface area contributed by atoms with Crippen molar-refractivity contribution in [3.63, 3.8) is 0 Å². The highest BCUT2D eigenvalue weighted by Gasteiger charge is 2.45. The Bertz CT molecular complexity index is 306. The van der Waals surface area contributed by atoms with Crippen molar-refractivity contribution >= 4 is 0 Å². The average molecular weight is 193 g/mol. The van der Waals surface area contributed by atoms with Gasteiger partial charge in [-0.15, -0.1) is 0 Å². The van der Waals surface area contributed by atoms with Gasteiger partial charge in [-0.3, -0.25) is 0 Å². The highest BCUT2D eigenvalue weighted by Crippen LogP contribution is 2.46. The summed E-state index contributed by atoms with van der Waals surface area (Å²) in [5.74, 6) is 2.12. The van der Waals surface area contributed by atoms with Crippen molar-refractivity contribution in [2.75, 3.05) is 6.54 Å². The predicted octanol–water partition coefficient (Wildman–Crippen LogP) is 3.04. The van der Waals surface area contributed by atoms with Crippen LogP contribution >= 0.6 is 0 Å². The molecule has 2 heteroatoms. The summed E-state index contributed by atoms with van der Waals surface area (Å²) in [6, 6.07) is 4.59. The van der Waals surface area contributed by atoms with Crippen molar-refractivity contribution in [2.45, 2.75) is 39.7 Å². The Morgan fingerprint density at radius 2 is 2.14 bits per heavy atom. The summed E-state index contributed by atoms with van der Waals surface area (Å²) < 4.78 is 5.68. The molecule has 1 aromatic rings. The summed E-state index contributed by atoms with van der Waals surface area (Å²) >= 11 is 0. The standard InChI is InChI=1S/C12H19NO/c1-4-12(5-2)8-13-11(12)10-7-6-9(3)14-10/h6-7,11,13H,4-5,8H2,1-3H3. The molecule has 0 aromatic carbocycles. The quantitative estimate of drug-likeness (QED) is 0.798. The van der Waals surface area contributed by atoms with Crippen LogP contribution < -0.4 is 5.32 Å². The van der Waals surface area contributed by atoms with Gasteiger partial charge >= 0.3 is 0 Å². The van der Waals surface area contributed by atoms with Crippen LogP contribution in [0.3, 0.4) is 0 Å². The summed E-state index contributed by atoms with van der Waals surface area (Å²) in [5.41, 5.74) is 0.435. The zero-order chi connectivity index (χ0) is 10.2. The normalized spacial score (nSPS) is 24.6. The molecule has 2 nitrogen and oxygen atoms in total. The first-order valence-electron chi connectivity index (χ1n) is 5.51. The molecule has 0 bridgehead atoms. The van der Waals surface area contributed by atoms with Crippen LogP contribution in [0.4, 0.5) is 0 Å². The lowest BCUT2D eigenvalue weighted by Crippen LogP contribution is -2.55. The van der Waals surface area contributed by atoms with Crippen molar-refractivity contribution in [3.05, 3.63) is 23.7 Å². The van der Waals surface area contributed by atoms with Crippen molar-refractivity contribution in [1.29, 1.82) is 0 Å². The van der Waals surface area contributed by atoms with Gasteiger partial charge in [0.25, 0.3) is 0 Å². The molecule has 1 saturated heterocycles. The average Bonchev–Trinajstić information content (AvgIpc) is 2.53. The van der Waals surface area contributed by atoms with Crippen LogP contribution in [0.15, 0.2) is 16.5 Å². The summed E-state index contributed by atoms with van der Waals surface area (Å²) in [6.45, 7) is 7.67. The Kier molecular flexibility index (Phi) is 2.40. The lowest BCUT2D eigenvalue weighted by molar-refractivity contribution is 0.0550. The smallest absolute Gasteiger partial charge is 0.121 e. The molecule has 0 aliphatic carbocycles. The number of aryl methyl sites for hydroxylation is 1. The van der Waals surface area contributed by atoms with Gasteiger partial charge in [-0.2, -0.15) is 0 Å². The summed E-state index contributed by atoms with van der Waals surface area (Å²) in [7, 11) is 0. The first-order valence-corrected chi connectivity index (χ1v) is 5.51. The van der Waals surface area contributed by atoms with E-state index in [9.17, 15) is 0 Å². The molecular weight excluding hydrogens is 174 g/mol. The third-order valence-corrected chi connectivity index (χ3v) is 3.72. The minimum atomic E-state index is 0.435. The molecule has 1 N–H and O–H groups in total. The van der Waals surface area contributed by atoms with Crippen LogP contribution in [0.2, 0.25) is 0 Å². The second-order valence-electron chi connectivity index (χ2n) is 4.33. The SMILES string of the molecule is CCC1(CC)CNC1c1ccc(C)o1. The van der Waals surface area contributed by atoms with Crippen LogP contribution in [0.25, 0.3) is 0 Å². The lowest BCUT2D eigenvalue weighted by atomic mass is 9.68.